The van der Waals surface area contributed by atoms with Crippen molar-refractivity contribution < 1.29 is 20.3 Å². The van der Waals surface area contributed by atoms with Crippen LogP contribution in [0.4, 0.5) is 0 Å². The molecule has 0 bridgehead atoms. The summed E-state index contributed by atoms with van der Waals surface area (Å²) < 4.78 is 56.8. The molecule has 0 saturated carbocycles. The quantitative estimate of drug-likeness (QED) is 0.247. The van der Waals surface area contributed by atoms with Crippen molar-refractivity contribution in [2.45, 2.75) is 40.9 Å². The zero-order valence-electron chi connectivity index (χ0n) is 25.0. The third kappa shape index (κ3) is 3.22. The minimum atomic E-state index is -2.47. The van der Waals surface area contributed by atoms with Crippen LogP contribution in [0.5, 0.6) is 0 Å². The van der Waals surface area contributed by atoms with Crippen LogP contribution in [0.1, 0.15) is 44.3 Å². The lowest BCUT2D eigenvalue weighted by atomic mass is 9.86. The van der Waals surface area contributed by atoms with E-state index in [1.807, 2.05) is 55.5 Å². The van der Waals surface area contributed by atoms with Gasteiger partial charge < -0.3 is 8.83 Å². The lowest BCUT2D eigenvalue weighted by molar-refractivity contribution is -0.660. The number of rotatable bonds is 2. The number of hydrogen-bond donors (Lipinski definition) is 0. The summed E-state index contributed by atoms with van der Waals surface area (Å²) in [6.45, 7) is 4.87. The molecule has 0 unspecified atom stereocenters. The van der Waals surface area contributed by atoms with Gasteiger partial charge in [0.25, 0.3) is 0 Å². The highest BCUT2D eigenvalue weighted by atomic mass is 16.3. The van der Waals surface area contributed by atoms with Crippen molar-refractivity contribution >= 4 is 43.9 Å². The molecular formula is C31H30NO2+. The molecule has 3 heteroatoms. The van der Waals surface area contributed by atoms with Gasteiger partial charge in [-0.15, -0.1) is 0 Å². The van der Waals surface area contributed by atoms with Crippen LogP contribution < -0.4 is 4.57 Å². The molecule has 0 fully saturated rings. The first-order chi connectivity index (χ1) is 18.2. The number of pyridine rings is 1. The maximum absolute atomic E-state index is 8.98. The van der Waals surface area contributed by atoms with E-state index >= 15 is 0 Å². The number of aryl methyl sites for hydroxylation is 3. The number of furan rings is 2. The van der Waals surface area contributed by atoms with Crippen LogP contribution >= 0.6 is 0 Å². The van der Waals surface area contributed by atoms with Gasteiger partial charge in [0.05, 0.1) is 5.56 Å². The van der Waals surface area contributed by atoms with Gasteiger partial charge in [-0.1, -0.05) is 51.1 Å². The second-order valence-corrected chi connectivity index (χ2v) is 10.2. The Morgan fingerprint density at radius 3 is 2.35 bits per heavy atom. The fraction of sp³-hybridized carbons (Fsp3) is 0.258. The first-order valence-corrected chi connectivity index (χ1v) is 11.5. The normalized spacial score (nSPS) is 15.5. The van der Waals surface area contributed by atoms with Crippen molar-refractivity contribution in [3.05, 3.63) is 77.5 Å². The molecular weight excluding hydrogens is 418 g/mol. The van der Waals surface area contributed by atoms with Gasteiger partial charge in [-0.2, -0.15) is 0 Å². The molecule has 0 saturated heterocycles. The lowest BCUT2D eigenvalue weighted by Crippen LogP contribution is -2.32. The van der Waals surface area contributed by atoms with E-state index in [9.17, 15) is 0 Å². The van der Waals surface area contributed by atoms with Gasteiger partial charge in [0, 0.05) is 40.0 Å². The van der Waals surface area contributed by atoms with Crippen LogP contribution in [-0.4, -0.2) is 0 Å². The maximum Gasteiger partial charge on any atom is 0.216 e. The Morgan fingerprint density at radius 2 is 1.59 bits per heavy atom. The summed E-state index contributed by atoms with van der Waals surface area (Å²) in [6.07, 6.45) is -0.359. The first kappa shape index (κ1) is 16.1. The molecule has 3 aromatic carbocycles. The highest BCUT2D eigenvalue weighted by molar-refractivity contribution is 6.16. The number of hydrogen-bond acceptors (Lipinski definition) is 2. The van der Waals surface area contributed by atoms with Crippen molar-refractivity contribution in [1.29, 1.82) is 0 Å². The third-order valence-corrected chi connectivity index (χ3v) is 6.39. The second-order valence-electron chi connectivity index (χ2n) is 10.2. The fourth-order valence-electron chi connectivity index (χ4n) is 4.88. The van der Waals surface area contributed by atoms with Crippen molar-refractivity contribution in [3.63, 3.8) is 0 Å². The number of nitrogens with zero attached hydrogens (tertiary/aromatic N) is 1. The zero-order chi connectivity index (χ0) is 28.1. The fourth-order valence-corrected chi connectivity index (χ4v) is 4.88. The predicted octanol–water partition coefficient (Wildman–Crippen LogP) is 8.18. The van der Waals surface area contributed by atoms with Crippen molar-refractivity contribution in [1.82, 2.24) is 0 Å². The smallest absolute Gasteiger partial charge is 0.216 e. The van der Waals surface area contributed by atoms with Crippen LogP contribution in [0.3, 0.4) is 0 Å². The van der Waals surface area contributed by atoms with E-state index in [-0.39, 0.29) is 11.1 Å². The maximum atomic E-state index is 8.98. The molecule has 3 nitrogen and oxygen atoms in total. The second kappa shape index (κ2) is 7.20. The number of para-hydroxylation sites is 1. The Bertz CT molecular complexity index is 1940. The molecule has 0 aliphatic heterocycles. The van der Waals surface area contributed by atoms with Gasteiger partial charge >= 0.3 is 0 Å². The predicted molar refractivity (Wildman–Crippen MR) is 140 cm³/mol. The lowest BCUT2D eigenvalue weighted by Gasteiger charge is -2.19. The summed E-state index contributed by atoms with van der Waals surface area (Å²) in [5.41, 5.74) is 4.76. The summed E-state index contributed by atoms with van der Waals surface area (Å²) >= 11 is 0. The minimum absolute atomic E-state index is 0.00958. The van der Waals surface area contributed by atoms with Crippen molar-refractivity contribution in [2.75, 3.05) is 0 Å². The summed E-state index contributed by atoms with van der Waals surface area (Å²) in [6, 6.07) is 17.7. The van der Waals surface area contributed by atoms with Crippen LogP contribution in [0, 0.1) is 19.2 Å². The zero-order valence-corrected chi connectivity index (χ0v) is 20.0. The number of benzene rings is 3. The molecule has 170 valence electrons. The molecule has 0 radical (unpaired) electrons. The largest absolute Gasteiger partial charge is 0.456 e. The Morgan fingerprint density at radius 1 is 0.853 bits per heavy atom. The van der Waals surface area contributed by atoms with Crippen LogP contribution in [0.2, 0.25) is 0 Å². The Hall–Kier alpha value is -3.59. The van der Waals surface area contributed by atoms with Gasteiger partial charge in [-0.25, -0.2) is 4.57 Å². The Balaban J connectivity index is 1.67. The summed E-state index contributed by atoms with van der Waals surface area (Å²) in [5, 5.41) is 3.83. The van der Waals surface area contributed by atoms with E-state index in [0.717, 1.165) is 49.4 Å². The van der Waals surface area contributed by atoms with E-state index < -0.39 is 18.6 Å². The molecule has 6 aromatic rings. The molecule has 0 N–H and O–H groups in total. The average Bonchev–Trinajstić information content (AvgIpc) is 3.38. The van der Waals surface area contributed by atoms with Crippen molar-refractivity contribution in [3.8, 4) is 11.3 Å². The van der Waals surface area contributed by atoms with Gasteiger partial charge in [0.1, 0.15) is 29.4 Å². The first-order valence-electron chi connectivity index (χ1n) is 14.0. The van der Waals surface area contributed by atoms with E-state index in [4.69, 9.17) is 15.7 Å². The van der Waals surface area contributed by atoms with Gasteiger partial charge in [0.2, 0.25) is 5.69 Å². The molecule has 3 heterocycles. The van der Waals surface area contributed by atoms with Gasteiger partial charge in [-0.3, -0.25) is 0 Å². The molecule has 0 aliphatic carbocycles. The Kier molecular flexibility index (Phi) is 3.41. The van der Waals surface area contributed by atoms with Gasteiger partial charge in [-0.05, 0) is 54.9 Å². The molecule has 6 rings (SSSR count). The van der Waals surface area contributed by atoms with E-state index in [1.165, 1.54) is 0 Å². The molecule has 0 spiro atoms. The van der Waals surface area contributed by atoms with Crippen LogP contribution in [-0.2, 0) is 13.4 Å². The summed E-state index contributed by atoms with van der Waals surface area (Å²) in [5.74, 6) is 0. The average molecular weight is 454 g/mol. The van der Waals surface area contributed by atoms with Gasteiger partial charge in [0.15, 0.2) is 6.20 Å². The highest BCUT2D eigenvalue weighted by Crippen LogP contribution is 2.40. The molecule has 34 heavy (non-hydrogen) atoms. The van der Waals surface area contributed by atoms with E-state index in [1.54, 1.807) is 44.6 Å². The molecule has 0 amide bonds. The number of aromatic nitrogens is 1. The molecule has 3 aromatic heterocycles. The van der Waals surface area contributed by atoms with E-state index in [0.29, 0.717) is 11.3 Å². The van der Waals surface area contributed by atoms with Crippen molar-refractivity contribution in [2.24, 2.45) is 12.5 Å². The summed E-state index contributed by atoms with van der Waals surface area (Å²) in [7, 11) is 1.79. The summed E-state index contributed by atoms with van der Waals surface area (Å²) in [4.78, 5) is 0. The minimum Gasteiger partial charge on any atom is -0.456 e. The number of fused-ring (bicyclic) bond motifs is 6. The standard InChI is InChI=1S/C31H30NO2/c1-18-11-12-22-24-15-27-23(21-9-7-8-10-26(21)33-27)14-28(24)34-30(22)29(18)25-13-20(16-31(3,4)5)19(2)17-32(25)6/h7-15,17H,16H2,1-6H3/q+1/i2D3,16D2. The topological polar surface area (TPSA) is 30.2 Å². The van der Waals surface area contributed by atoms with Crippen LogP contribution in [0.15, 0.2) is 69.6 Å². The van der Waals surface area contributed by atoms with Crippen LogP contribution in [0.25, 0.3) is 55.1 Å². The highest BCUT2D eigenvalue weighted by Gasteiger charge is 2.24. The SMILES string of the molecule is [2H]C([2H])([2H])c1c[n+](C)c(-c2c(C)ccc3c2oc2cc4c(cc23)oc2ccccc24)cc1C([2H])([2H])C(C)(C)C. The third-order valence-electron chi connectivity index (χ3n) is 6.39. The van der Waals surface area contributed by atoms with E-state index in [2.05, 4.69) is 0 Å². The molecule has 0 aliphatic rings. The monoisotopic (exact) mass is 453 g/mol. The molecule has 0 atom stereocenters. The Labute approximate surface area is 206 Å².